The van der Waals surface area contributed by atoms with Gasteiger partial charge in [-0.1, -0.05) is 18.2 Å². The lowest BCUT2D eigenvalue weighted by Gasteiger charge is -2.08. The van der Waals surface area contributed by atoms with Crippen molar-refractivity contribution in [1.82, 2.24) is 25.1 Å². The van der Waals surface area contributed by atoms with E-state index >= 15 is 0 Å². The summed E-state index contributed by atoms with van der Waals surface area (Å²) in [5.74, 6) is 0. The number of pyridine rings is 2. The van der Waals surface area contributed by atoms with Gasteiger partial charge in [0.15, 0.2) is 9.84 Å². The van der Waals surface area contributed by atoms with Crippen LogP contribution in [0.25, 0.3) is 33.8 Å². The Morgan fingerprint density at radius 2 is 1.82 bits per heavy atom. The van der Waals surface area contributed by atoms with Crippen molar-refractivity contribution in [2.75, 3.05) is 19.3 Å². The van der Waals surface area contributed by atoms with E-state index in [-0.39, 0.29) is 12.4 Å². The predicted octanol–water partition coefficient (Wildman–Crippen LogP) is 4.34. The summed E-state index contributed by atoms with van der Waals surface area (Å²) in [4.78, 5) is 9.54. The summed E-state index contributed by atoms with van der Waals surface area (Å²) in [7, 11) is -3.24. The van der Waals surface area contributed by atoms with Crippen molar-refractivity contribution in [2.45, 2.75) is 24.3 Å². The molecule has 0 aliphatic carbocycles. The number of hydrogen-bond acceptors (Lipinski definition) is 6. The third kappa shape index (κ3) is 4.89. The van der Waals surface area contributed by atoms with Gasteiger partial charge < -0.3 is 5.32 Å². The fourth-order valence-corrected chi connectivity index (χ4v) is 4.78. The van der Waals surface area contributed by atoms with Gasteiger partial charge in [-0.2, -0.15) is 5.10 Å². The maximum Gasteiger partial charge on any atom is 0.175 e. The van der Waals surface area contributed by atoms with Gasteiger partial charge in [-0.05, 0) is 61.9 Å². The number of rotatable bonds is 5. The van der Waals surface area contributed by atoms with Gasteiger partial charge in [0, 0.05) is 42.0 Å². The summed E-state index contributed by atoms with van der Waals surface area (Å²) in [6, 6.07) is 17.1. The van der Waals surface area contributed by atoms with Crippen molar-refractivity contribution in [3.63, 3.8) is 0 Å². The minimum absolute atomic E-state index is 0. The molecule has 0 saturated carbocycles. The second kappa shape index (κ2) is 9.66. The monoisotopic (exact) mass is 495 g/mol. The van der Waals surface area contributed by atoms with E-state index in [4.69, 9.17) is 10.1 Å². The molecular formula is C25H26ClN5O2S. The van der Waals surface area contributed by atoms with Crippen molar-refractivity contribution in [3.8, 4) is 33.8 Å². The molecule has 0 amide bonds. The molecule has 0 radical (unpaired) electrons. The van der Waals surface area contributed by atoms with E-state index in [0.29, 0.717) is 10.9 Å². The third-order valence-corrected chi connectivity index (χ3v) is 7.05. The summed E-state index contributed by atoms with van der Waals surface area (Å²) < 4.78 is 25.6. The van der Waals surface area contributed by atoms with Crippen LogP contribution in [0.15, 0.2) is 71.9 Å². The minimum Gasteiger partial charge on any atom is -0.315 e. The van der Waals surface area contributed by atoms with Crippen molar-refractivity contribution in [2.24, 2.45) is 0 Å². The van der Waals surface area contributed by atoms with Gasteiger partial charge in [0.05, 0.1) is 22.3 Å². The van der Waals surface area contributed by atoms with Crippen molar-refractivity contribution >= 4 is 22.2 Å². The zero-order chi connectivity index (χ0) is 23.0. The highest BCUT2D eigenvalue weighted by Gasteiger charge is 2.22. The summed E-state index contributed by atoms with van der Waals surface area (Å²) >= 11 is 0. The minimum atomic E-state index is -3.24. The van der Waals surface area contributed by atoms with Crippen molar-refractivity contribution in [3.05, 3.63) is 72.7 Å². The Kier molecular flexibility index (Phi) is 6.84. The fraction of sp³-hybridized carbons (Fsp3) is 0.240. The van der Waals surface area contributed by atoms with Crippen LogP contribution in [-0.2, 0) is 9.84 Å². The molecule has 0 spiro atoms. The molecule has 1 saturated heterocycles. The summed E-state index contributed by atoms with van der Waals surface area (Å²) in [5, 5.41) is 8.35. The zero-order valence-electron chi connectivity index (χ0n) is 19.0. The number of nitrogens with zero attached hydrogens (tertiary/aromatic N) is 4. The Hall–Kier alpha value is -3.07. The lowest BCUT2D eigenvalue weighted by atomic mass is 10.0. The first-order valence-corrected chi connectivity index (χ1v) is 12.8. The molecule has 1 aliphatic rings. The van der Waals surface area contributed by atoms with E-state index in [2.05, 4.69) is 21.2 Å². The molecule has 34 heavy (non-hydrogen) atoms. The Balaban J connectivity index is 0.00000274. The number of hydrogen-bond donors (Lipinski definition) is 1. The van der Waals surface area contributed by atoms with Crippen molar-refractivity contribution in [1.29, 1.82) is 0 Å². The van der Waals surface area contributed by atoms with Crippen LogP contribution < -0.4 is 5.32 Å². The van der Waals surface area contributed by atoms with Gasteiger partial charge in [-0.3, -0.25) is 14.6 Å². The van der Waals surface area contributed by atoms with Gasteiger partial charge >= 0.3 is 0 Å². The molecule has 1 N–H and O–H groups in total. The van der Waals surface area contributed by atoms with Gasteiger partial charge in [0.2, 0.25) is 0 Å². The zero-order valence-corrected chi connectivity index (χ0v) is 20.6. The molecule has 1 atom stereocenters. The first kappa shape index (κ1) is 24.1. The Morgan fingerprint density at radius 1 is 1.03 bits per heavy atom. The molecule has 4 heterocycles. The second-order valence-electron chi connectivity index (χ2n) is 8.41. The number of aryl methyl sites for hydroxylation is 1. The van der Waals surface area contributed by atoms with Crippen LogP contribution in [0.5, 0.6) is 0 Å². The van der Waals surface area contributed by atoms with Gasteiger partial charge in [-0.15, -0.1) is 12.4 Å². The van der Waals surface area contributed by atoms with Crippen LogP contribution in [0.2, 0.25) is 0 Å². The lowest BCUT2D eigenvalue weighted by molar-refractivity contribution is 0.492. The molecule has 4 aromatic rings. The molecular weight excluding hydrogens is 470 g/mol. The predicted molar refractivity (Wildman–Crippen MR) is 136 cm³/mol. The summed E-state index contributed by atoms with van der Waals surface area (Å²) in [6.07, 6.45) is 6.12. The number of aromatic nitrogens is 4. The van der Waals surface area contributed by atoms with E-state index in [0.717, 1.165) is 59.0 Å². The SMILES string of the molecule is Cc1cccc(-c2nn([C@@H]3CCNC3)cc2-c2ccnc(-c3ccc(S(C)(=O)=O)cc3)c2)n1.Cl. The lowest BCUT2D eigenvalue weighted by Crippen LogP contribution is -2.13. The molecule has 1 fully saturated rings. The topological polar surface area (TPSA) is 89.8 Å². The molecule has 1 aromatic carbocycles. The summed E-state index contributed by atoms with van der Waals surface area (Å²) in [5.41, 5.74) is 6.23. The largest absolute Gasteiger partial charge is 0.315 e. The molecule has 0 bridgehead atoms. The van der Waals surface area contributed by atoms with Crippen LogP contribution in [0.3, 0.4) is 0 Å². The second-order valence-corrected chi connectivity index (χ2v) is 10.4. The number of sulfone groups is 1. The standard InChI is InChI=1S/C25H25N5O2S.ClH/c1-17-4-3-5-23(28-17)25-22(16-30(29-25)20-11-12-26-15-20)19-10-13-27-24(14-19)18-6-8-21(9-7-18)33(2,31)32;/h3-10,13-14,16,20,26H,11-12,15H2,1-2H3;1H/t20-;/m1./s1. The highest BCUT2D eigenvalue weighted by molar-refractivity contribution is 7.90. The normalized spacial score (nSPS) is 15.8. The number of halogens is 1. The highest BCUT2D eigenvalue weighted by Crippen LogP contribution is 2.33. The molecule has 0 unspecified atom stereocenters. The average molecular weight is 496 g/mol. The van der Waals surface area contributed by atoms with Gasteiger partial charge in [0.1, 0.15) is 5.69 Å². The summed E-state index contributed by atoms with van der Waals surface area (Å²) in [6.45, 7) is 3.86. The number of benzene rings is 1. The fourth-order valence-electron chi connectivity index (χ4n) is 4.15. The van der Waals surface area contributed by atoms with E-state index in [1.807, 2.05) is 37.3 Å². The Morgan fingerprint density at radius 3 is 2.50 bits per heavy atom. The van der Waals surface area contributed by atoms with Crippen LogP contribution in [0, 0.1) is 6.92 Å². The van der Waals surface area contributed by atoms with Crippen LogP contribution in [0.4, 0.5) is 0 Å². The molecule has 5 rings (SSSR count). The van der Waals surface area contributed by atoms with E-state index < -0.39 is 9.84 Å². The Bertz CT molecular complexity index is 1410. The molecule has 9 heteroatoms. The van der Waals surface area contributed by atoms with E-state index in [1.54, 1.807) is 30.5 Å². The van der Waals surface area contributed by atoms with Gasteiger partial charge in [-0.25, -0.2) is 8.42 Å². The Labute approximate surface area is 205 Å². The van der Waals surface area contributed by atoms with E-state index in [9.17, 15) is 8.42 Å². The van der Waals surface area contributed by atoms with E-state index in [1.165, 1.54) is 6.26 Å². The van der Waals surface area contributed by atoms with Crippen LogP contribution in [-0.4, -0.2) is 47.5 Å². The third-order valence-electron chi connectivity index (χ3n) is 5.92. The smallest absolute Gasteiger partial charge is 0.175 e. The molecule has 3 aromatic heterocycles. The van der Waals surface area contributed by atoms with Gasteiger partial charge in [0.25, 0.3) is 0 Å². The maximum absolute atomic E-state index is 11.8. The average Bonchev–Trinajstić information content (AvgIpc) is 3.49. The number of nitrogens with one attached hydrogen (secondary N) is 1. The van der Waals surface area contributed by atoms with Crippen molar-refractivity contribution < 1.29 is 8.42 Å². The first-order valence-electron chi connectivity index (χ1n) is 10.9. The maximum atomic E-state index is 11.8. The quantitative estimate of drug-likeness (QED) is 0.443. The highest BCUT2D eigenvalue weighted by atomic mass is 35.5. The van der Waals surface area contributed by atoms with Crippen LogP contribution >= 0.6 is 12.4 Å². The first-order chi connectivity index (χ1) is 15.9. The molecule has 1 aliphatic heterocycles. The van der Waals surface area contributed by atoms with Crippen LogP contribution in [0.1, 0.15) is 18.2 Å². The molecule has 176 valence electrons. The molecule has 7 nitrogen and oxygen atoms in total.